The lowest BCUT2D eigenvalue weighted by Crippen LogP contribution is -2.50. The van der Waals surface area contributed by atoms with E-state index in [9.17, 15) is 4.79 Å². The molecule has 2 fully saturated rings. The molecule has 0 spiro atoms. The number of rotatable bonds is 5. The zero-order valence-corrected chi connectivity index (χ0v) is 11.8. The maximum Gasteiger partial charge on any atom is 0.227 e. The van der Waals surface area contributed by atoms with E-state index in [0.717, 1.165) is 32.3 Å². The van der Waals surface area contributed by atoms with Crippen molar-refractivity contribution in [2.75, 3.05) is 32.9 Å². The minimum absolute atomic E-state index is 0.0973. The standard InChI is InChI=1S/C14H26N2O3/c1-2-12-11(3-6-19-12)9-16-13(17)14(10-15)4-7-18-8-5-14/h11-12H,2-10,15H2,1H3,(H,16,17). The van der Waals surface area contributed by atoms with E-state index in [4.69, 9.17) is 15.2 Å². The van der Waals surface area contributed by atoms with Crippen molar-refractivity contribution in [3.05, 3.63) is 0 Å². The molecule has 2 atom stereocenters. The fourth-order valence-corrected chi connectivity index (χ4v) is 3.07. The van der Waals surface area contributed by atoms with Crippen LogP contribution in [0.25, 0.3) is 0 Å². The van der Waals surface area contributed by atoms with Gasteiger partial charge in [0.15, 0.2) is 0 Å². The second-order valence-corrected chi connectivity index (χ2v) is 5.67. The van der Waals surface area contributed by atoms with Crippen molar-refractivity contribution in [3.8, 4) is 0 Å². The Morgan fingerprint density at radius 2 is 2.11 bits per heavy atom. The highest BCUT2D eigenvalue weighted by Gasteiger charge is 2.39. The van der Waals surface area contributed by atoms with E-state index in [1.807, 2.05) is 0 Å². The molecule has 2 rings (SSSR count). The van der Waals surface area contributed by atoms with Crippen LogP contribution in [0.15, 0.2) is 0 Å². The largest absolute Gasteiger partial charge is 0.381 e. The average molecular weight is 270 g/mol. The molecule has 19 heavy (non-hydrogen) atoms. The molecule has 0 bridgehead atoms. The molecule has 0 aromatic carbocycles. The first-order valence-corrected chi connectivity index (χ1v) is 7.39. The lowest BCUT2D eigenvalue weighted by Gasteiger charge is -2.35. The van der Waals surface area contributed by atoms with Crippen LogP contribution >= 0.6 is 0 Å². The van der Waals surface area contributed by atoms with Crippen LogP contribution in [-0.2, 0) is 14.3 Å². The highest BCUT2D eigenvalue weighted by molar-refractivity contribution is 5.83. The maximum absolute atomic E-state index is 12.4. The molecule has 0 aromatic heterocycles. The Labute approximate surface area is 115 Å². The van der Waals surface area contributed by atoms with Crippen molar-refractivity contribution in [3.63, 3.8) is 0 Å². The zero-order chi connectivity index (χ0) is 13.7. The molecule has 3 N–H and O–H groups in total. The summed E-state index contributed by atoms with van der Waals surface area (Å²) in [5, 5.41) is 3.10. The number of hydrogen-bond donors (Lipinski definition) is 2. The predicted octanol–water partition coefficient (Wildman–Crippen LogP) is 0.673. The van der Waals surface area contributed by atoms with E-state index in [-0.39, 0.29) is 5.91 Å². The first-order valence-electron chi connectivity index (χ1n) is 7.39. The lowest BCUT2D eigenvalue weighted by atomic mass is 9.79. The van der Waals surface area contributed by atoms with Crippen LogP contribution in [0, 0.1) is 11.3 Å². The molecule has 1 amide bonds. The summed E-state index contributed by atoms with van der Waals surface area (Å²) in [5.74, 6) is 0.545. The Morgan fingerprint density at radius 1 is 1.37 bits per heavy atom. The summed E-state index contributed by atoms with van der Waals surface area (Å²) < 4.78 is 11.0. The van der Waals surface area contributed by atoms with Crippen molar-refractivity contribution in [1.82, 2.24) is 5.32 Å². The molecule has 2 unspecified atom stereocenters. The Balaban J connectivity index is 1.85. The van der Waals surface area contributed by atoms with Crippen molar-refractivity contribution >= 4 is 5.91 Å². The molecular formula is C14H26N2O3. The van der Waals surface area contributed by atoms with Gasteiger partial charge in [-0.2, -0.15) is 0 Å². The summed E-state index contributed by atoms with van der Waals surface area (Å²) >= 11 is 0. The molecule has 2 heterocycles. The summed E-state index contributed by atoms with van der Waals surface area (Å²) in [6.45, 7) is 5.32. The van der Waals surface area contributed by atoms with Gasteiger partial charge in [0.25, 0.3) is 0 Å². The molecule has 5 nitrogen and oxygen atoms in total. The molecule has 2 saturated heterocycles. The van der Waals surface area contributed by atoms with Crippen molar-refractivity contribution in [2.45, 2.75) is 38.7 Å². The molecule has 5 heteroatoms. The minimum atomic E-state index is -0.417. The quantitative estimate of drug-likeness (QED) is 0.770. The van der Waals surface area contributed by atoms with Crippen LogP contribution in [0.4, 0.5) is 0 Å². The van der Waals surface area contributed by atoms with E-state index in [0.29, 0.717) is 38.3 Å². The smallest absolute Gasteiger partial charge is 0.227 e. The fraction of sp³-hybridized carbons (Fsp3) is 0.929. The Kier molecular flexibility index (Phi) is 5.19. The van der Waals surface area contributed by atoms with Crippen LogP contribution in [0.2, 0.25) is 0 Å². The number of nitrogens with two attached hydrogens (primary N) is 1. The third kappa shape index (κ3) is 3.27. The number of carbonyl (C=O) groups is 1. The van der Waals surface area contributed by atoms with Gasteiger partial charge in [-0.05, 0) is 25.7 Å². The summed E-state index contributed by atoms with van der Waals surface area (Å²) in [5.41, 5.74) is 5.42. The molecular weight excluding hydrogens is 244 g/mol. The van der Waals surface area contributed by atoms with Crippen LogP contribution < -0.4 is 11.1 Å². The average Bonchev–Trinajstić information content (AvgIpc) is 2.92. The Morgan fingerprint density at radius 3 is 2.74 bits per heavy atom. The SMILES string of the molecule is CCC1OCCC1CNC(=O)C1(CN)CCOCC1. The summed E-state index contributed by atoms with van der Waals surface area (Å²) in [6.07, 6.45) is 3.80. The molecule has 0 saturated carbocycles. The molecule has 0 radical (unpaired) electrons. The van der Waals surface area contributed by atoms with Crippen molar-refractivity contribution < 1.29 is 14.3 Å². The van der Waals surface area contributed by atoms with Gasteiger partial charge in [-0.15, -0.1) is 0 Å². The number of amides is 1. The Bertz CT molecular complexity index is 303. The predicted molar refractivity (Wildman–Crippen MR) is 72.7 cm³/mol. The monoisotopic (exact) mass is 270 g/mol. The van der Waals surface area contributed by atoms with Crippen LogP contribution in [-0.4, -0.2) is 44.9 Å². The number of nitrogens with one attached hydrogen (secondary N) is 1. The molecule has 0 aromatic rings. The fourth-order valence-electron chi connectivity index (χ4n) is 3.07. The van der Waals surface area contributed by atoms with Gasteiger partial charge in [0.1, 0.15) is 0 Å². The second-order valence-electron chi connectivity index (χ2n) is 5.67. The van der Waals surface area contributed by atoms with Crippen molar-refractivity contribution in [1.29, 1.82) is 0 Å². The van der Waals surface area contributed by atoms with E-state index >= 15 is 0 Å². The molecule has 2 aliphatic heterocycles. The number of hydrogen-bond acceptors (Lipinski definition) is 4. The van der Waals surface area contributed by atoms with E-state index < -0.39 is 5.41 Å². The van der Waals surface area contributed by atoms with E-state index in [1.165, 1.54) is 0 Å². The number of ether oxygens (including phenoxy) is 2. The topological polar surface area (TPSA) is 73.6 Å². The second kappa shape index (κ2) is 6.68. The van der Waals surface area contributed by atoms with Gasteiger partial charge < -0.3 is 20.5 Å². The Hall–Kier alpha value is -0.650. The highest BCUT2D eigenvalue weighted by Crippen LogP contribution is 2.30. The van der Waals surface area contributed by atoms with Crippen LogP contribution in [0.5, 0.6) is 0 Å². The normalized spacial score (nSPS) is 30.2. The summed E-state index contributed by atoms with van der Waals surface area (Å²) in [7, 11) is 0. The van der Waals surface area contributed by atoms with Gasteiger partial charge in [0.05, 0.1) is 11.5 Å². The zero-order valence-electron chi connectivity index (χ0n) is 11.8. The summed E-state index contributed by atoms with van der Waals surface area (Å²) in [4.78, 5) is 12.4. The van der Waals surface area contributed by atoms with Gasteiger partial charge in [0, 0.05) is 38.8 Å². The third-order valence-electron chi connectivity index (χ3n) is 4.60. The van der Waals surface area contributed by atoms with Crippen LogP contribution in [0.1, 0.15) is 32.6 Å². The van der Waals surface area contributed by atoms with Gasteiger partial charge in [-0.1, -0.05) is 6.92 Å². The summed E-state index contributed by atoms with van der Waals surface area (Å²) in [6, 6.07) is 0. The third-order valence-corrected chi connectivity index (χ3v) is 4.60. The van der Waals surface area contributed by atoms with Crippen molar-refractivity contribution in [2.24, 2.45) is 17.1 Å². The number of carbonyl (C=O) groups excluding carboxylic acids is 1. The van der Waals surface area contributed by atoms with Crippen LogP contribution in [0.3, 0.4) is 0 Å². The van der Waals surface area contributed by atoms with Gasteiger partial charge in [0.2, 0.25) is 5.91 Å². The first kappa shape index (κ1) is 14.8. The lowest BCUT2D eigenvalue weighted by molar-refractivity contribution is -0.136. The highest BCUT2D eigenvalue weighted by atomic mass is 16.5. The maximum atomic E-state index is 12.4. The first-order chi connectivity index (χ1) is 9.22. The van der Waals surface area contributed by atoms with E-state index in [2.05, 4.69) is 12.2 Å². The van der Waals surface area contributed by atoms with Gasteiger partial charge in [-0.3, -0.25) is 4.79 Å². The molecule has 0 aliphatic carbocycles. The molecule has 110 valence electrons. The van der Waals surface area contributed by atoms with Gasteiger partial charge in [-0.25, -0.2) is 0 Å². The van der Waals surface area contributed by atoms with Gasteiger partial charge >= 0.3 is 0 Å². The van der Waals surface area contributed by atoms with E-state index in [1.54, 1.807) is 0 Å². The minimum Gasteiger partial charge on any atom is -0.381 e. The molecule has 2 aliphatic rings.